The van der Waals surface area contributed by atoms with Gasteiger partial charge in [-0.1, -0.05) is 35.5 Å². The van der Waals surface area contributed by atoms with Crippen LogP contribution < -0.4 is 10.6 Å². The van der Waals surface area contributed by atoms with E-state index in [1.807, 2.05) is 0 Å². The van der Waals surface area contributed by atoms with Gasteiger partial charge in [0.15, 0.2) is 6.29 Å². The maximum Gasteiger partial charge on any atom is 0.180 e. The topological polar surface area (TPSA) is 77.4 Å². The SMILES string of the molecule is Cc1ccc(Sc2ccc3c(c2)CCN[C@@H]3CNc2cnccc2C(O)O)cc1. The Kier molecular flexibility index (Phi) is 6.16. The number of nitrogens with one attached hydrogen (secondary N) is 2. The van der Waals surface area contributed by atoms with Gasteiger partial charge in [0.25, 0.3) is 0 Å². The second-order valence-electron chi connectivity index (χ2n) is 7.25. The van der Waals surface area contributed by atoms with Gasteiger partial charge < -0.3 is 20.8 Å². The van der Waals surface area contributed by atoms with Crippen molar-refractivity contribution in [2.24, 2.45) is 0 Å². The van der Waals surface area contributed by atoms with Crippen molar-refractivity contribution in [3.05, 3.63) is 83.2 Å². The highest BCUT2D eigenvalue weighted by Crippen LogP contribution is 2.32. The summed E-state index contributed by atoms with van der Waals surface area (Å²) in [5.74, 6) is 0. The van der Waals surface area contributed by atoms with E-state index in [1.165, 1.54) is 26.5 Å². The third kappa shape index (κ3) is 4.79. The Bertz CT molecular complexity index is 976. The molecular formula is C23H25N3O2S. The Hall–Kier alpha value is -2.38. The molecule has 2 aromatic carbocycles. The maximum atomic E-state index is 9.54. The van der Waals surface area contributed by atoms with Crippen molar-refractivity contribution in [1.82, 2.24) is 10.3 Å². The summed E-state index contributed by atoms with van der Waals surface area (Å²) in [6.07, 6.45) is 2.66. The van der Waals surface area contributed by atoms with E-state index in [9.17, 15) is 10.2 Å². The van der Waals surface area contributed by atoms with Crippen molar-refractivity contribution in [2.75, 3.05) is 18.4 Å². The van der Waals surface area contributed by atoms with Gasteiger partial charge in [-0.25, -0.2) is 0 Å². The van der Waals surface area contributed by atoms with Crippen molar-refractivity contribution in [3.8, 4) is 0 Å². The lowest BCUT2D eigenvalue weighted by molar-refractivity contribution is -0.0419. The van der Waals surface area contributed by atoms with E-state index < -0.39 is 6.29 Å². The zero-order valence-electron chi connectivity index (χ0n) is 16.3. The molecule has 6 heteroatoms. The molecule has 0 saturated heterocycles. The first-order valence-electron chi connectivity index (χ1n) is 9.75. The number of aromatic nitrogens is 1. The highest BCUT2D eigenvalue weighted by atomic mass is 32.2. The number of benzene rings is 2. The standard InChI is InChI=1S/C23H25N3O2S/c1-15-2-4-17(5-3-15)29-18-6-7-19-16(12-18)8-11-25-22(19)14-26-21-13-24-10-9-20(21)23(27)28/h2-7,9-10,12-13,22-23,25-28H,8,11,14H2,1H3/t22-/m1/s1. The lowest BCUT2D eigenvalue weighted by Crippen LogP contribution is -2.34. The molecule has 1 atom stereocenters. The number of aliphatic hydroxyl groups is 2. The zero-order valence-corrected chi connectivity index (χ0v) is 17.1. The summed E-state index contributed by atoms with van der Waals surface area (Å²) in [5, 5.41) is 25.9. The second-order valence-corrected chi connectivity index (χ2v) is 8.40. The molecule has 0 unspecified atom stereocenters. The highest BCUT2D eigenvalue weighted by Gasteiger charge is 2.20. The van der Waals surface area contributed by atoms with E-state index in [2.05, 4.69) is 65.0 Å². The molecule has 29 heavy (non-hydrogen) atoms. The Morgan fingerprint density at radius 3 is 2.72 bits per heavy atom. The molecule has 4 N–H and O–H groups in total. The molecule has 0 amide bonds. The molecule has 5 nitrogen and oxygen atoms in total. The largest absolute Gasteiger partial charge is 0.382 e. The quantitative estimate of drug-likeness (QED) is 0.466. The van der Waals surface area contributed by atoms with Gasteiger partial charge in [-0.05, 0) is 61.3 Å². The Morgan fingerprint density at radius 1 is 1.14 bits per heavy atom. The Balaban J connectivity index is 1.48. The Morgan fingerprint density at radius 2 is 1.93 bits per heavy atom. The van der Waals surface area contributed by atoms with Crippen LogP contribution >= 0.6 is 11.8 Å². The van der Waals surface area contributed by atoms with Crippen molar-refractivity contribution in [1.29, 1.82) is 0 Å². The normalized spacial score (nSPS) is 15.9. The van der Waals surface area contributed by atoms with Crippen LogP contribution in [0.2, 0.25) is 0 Å². The number of anilines is 1. The van der Waals surface area contributed by atoms with Crippen LogP contribution in [0.1, 0.15) is 34.6 Å². The lowest BCUT2D eigenvalue weighted by atomic mass is 9.94. The van der Waals surface area contributed by atoms with Gasteiger partial charge in [0, 0.05) is 34.1 Å². The molecule has 1 aliphatic heterocycles. The van der Waals surface area contributed by atoms with E-state index in [-0.39, 0.29) is 6.04 Å². The van der Waals surface area contributed by atoms with Crippen molar-refractivity contribution >= 4 is 17.4 Å². The van der Waals surface area contributed by atoms with E-state index in [4.69, 9.17) is 0 Å². The van der Waals surface area contributed by atoms with Crippen LogP contribution in [0.3, 0.4) is 0 Å². The summed E-state index contributed by atoms with van der Waals surface area (Å²) in [5.41, 5.74) is 4.99. The van der Waals surface area contributed by atoms with Gasteiger partial charge in [-0.3, -0.25) is 4.98 Å². The molecule has 1 aromatic heterocycles. The number of fused-ring (bicyclic) bond motifs is 1. The van der Waals surface area contributed by atoms with Crippen LogP contribution in [0.25, 0.3) is 0 Å². The summed E-state index contributed by atoms with van der Waals surface area (Å²) >= 11 is 1.79. The number of hydrogen-bond donors (Lipinski definition) is 4. The number of rotatable bonds is 6. The molecular weight excluding hydrogens is 382 g/mol. The molecule has 0 spiro atoms. The first-order chi connectivity index (χ1) is 14.1. The molecule has 0 fully saturated rings. The number of hydrogen-bond acceptors (Lipinski definition) is 6. The average Bonchev–Trinajstić information content (AvgIpc) is 2.74. The highest BCUT2D eigenvalue weighted by molar-refractivity contribution is 7.99. The van der Waals surface area contributed by atoms with Gasteiger partial charge in [-0.2, -0.15) is 0 Å². The molecule has 4 rings (SSSR count). The Labute approximate surface area is 175 Å². The lowest BCUT2D eigenvalue weighted by Gasteiger charge is -2.28. The minimum Gasteiger partial charge on any atom is -0.382 e. The van der Waals surface area contributed by atoms with Gasteiger partial charge in [-0.15, -0.1) is 0 Å². The van der Waals surface area contributed by atoms with Crippen molar-refractivity contribution in [3.63, 3.8) is 0 Å². The van der Waals surface area contributed by atoms with E-state index >= 15 is 0 Å². The van der Waals surface area contributed by atoms with Gasteiger partial charge in [0.1, 0.15) is 0 Å². The van der Waals surface area contributed by atoms with Crippen molar-refractivity contribution in [2.45, 2.75) is 35.5 Å². The number of nitrogens with zero attached hydrogens (tertiary/aromatic N) is 1. The van der Waals surface area contributed by atoms with E-state index in [1.54, 1.807) is 30.2 Å². The van der Waals surface area contributed by atoms with Crippen LogP contribution in [0.5, 0.6) is 0 Å². The van der Waals surface area contributed by atoms with Crippen molar-refractivity contribution < 1.29 is 10.2 Å². The smallest absolute Gasteiger partial charge is 0.180 e. The molecule has 150 valence electrons. The fourth-order valence-corrected chi connectivity index (χ4v) is 4.49. The fraction of sp³-hybridized carbons (Fsp3) is 0.261. The molecule has 3 aromatic rings. The fourth-order valence-electron chi connectivity index (χ4n) is 3.61. The number of aryl methyl sites for hydroxylation is 1. The average molecular weight is 408 g/mol. The molecule has 2 heterocycles. The number of aliphatic hydroxyl groups excluding tert-OH is 1. The van der Waals surface area contributed by atoms with E-state index in [0.717, 1.165) is 13.0 Å². The maximum absolute atomic E-state index is 9.54. The minimum atomic E-state index is -1.52. The molecule has 0 bridgehead atoms. The molecule has 0 aliphatic carbocycles. The predicted octanol–water partition coefficient (Wildman–Crippen LogP) is 3.82. The molecule has 0 radical (unpaired) electrons. The predicted molar refractivity (Wildman–Crippen MR) is 116 cm³/mol. The first kappa shape index (κ1) is 19.9. The monoisotopic (exact) mass is 407 g/mol. The summed E-state index contributed by atoms with van der Waals surface area (Å²) in [4.78, 5) is 6.58. The number of pyridine rings is 1. The summed E-state index contributed by atoms with van der Waals surface area (Å²) in [6.45, 7) is 3.66. The molecule has 1 aliphatic rings. The van der Waals surface area contributed by atoms with Gasteiger partial charge in [0.2, 0.25) is 0 Å². The summed E-state index contributed by atoms with van der Waals surface area (Å²) in [7, 11) is 0. The third-order valence-corrected chi connectivity index (χ3v) is 6.16. The summed E-state index contributed by atoms with van der Waals surface area (Å²) in [6, 6.07) is 17.0. The van der Waals surface area contributed by atoms with Crippen LogP contribution in [-0.2, 0) is 6.42 Å². The van der Waals surface area contributed by atoms with E-state index in [0.29, 0.717) is 17.8 Å². The molecule has 0 saturated carbocycles. The summed E-state index contributed by atoms with van der Waals surface area (Å²) < 4.78 is 0. The minimum absolute atomic E-state index is 0.154. The van der Waals surface area contributed by atoms with Crippen LogP contribution in [0.4, 0.5) is 5.69 Å². The third-order valence-electron chi connectivity index (χ3n) is 5.16. The first-order valence-corrected chi connectivity index (χ1v) is 10.6. The van der Waals surface area contributed by atoms with Crippen LogP contribution in [0.15, 0.2) is 70.7 Å². The second kappa shape index (κ2) is 8.97. The van der Waals surface area contributed by atoms with Gasteiger partial charge >= 0.3 is 0 Å². The van der Waals surface area contributed by atoms with Crippen LogP contribution in [-0.4, -0.2) is 28.3 Å². The van der Waals surface area contributed by atoms with Gasteiger partial charge in [0.05, 0.1) is 11.9 Å². The zero-order chi connectivity index (χ0) is 20.2. The van der Waals surface area contributed by atoms with Crippen LogP contribution in [0, 0.1) is 6.92 Å².